The lowest BCUT2D eigenvalue weighted by molar-refractivity contribution is -0.143. The van der Waals surface area contributed by atoms with E-state index in [9.17, 15) is 9.90 Å². The number of carbonyl (C=O) groups is 1. The number of carbonyl (C=O) groups excluding carboxylic acids is 1. The molecule has 1 aliphatic carbocycles. The van der Waals surface area contributed by atoms with Crippen molar-refractivity contribution in [1.82, 2.24) is 29.3 Å². The monoisotopic (exact) mass is 495 g/mol. The maximum atomic E-state index is 13.0. The zero-order valence-corrected chi connectivity index (χ0v) is 21.6. The lowest BCUT2D eigenvalue weighted by atomic mass is 9.85. The number of likely N-dealkylation sites (tertiary alicyclic amines) is 1. The molecule has 1 atom stereocenters. The van der Waals surface area contributed by atoms with Gasteiger partial charge in [-0.3, -0.25) is 9.48 Å². The van der Waals surface area contributed by atoms with Gasteiger partial charge in [0.2, 0.25) is 11.9 Å². The Kier molecular flexibility index (Phi) is 6.74. The minimum Gasteiger partial charge on any atom is -0.393 e. The molecule has 0 aromatic carbocycles. The number of rotatable bonds is 8. The van der Waals surface area contributed by atoms with Crippen LogP contribution in [0.1, 0.15) is 64.5 Å². The molecule has 1 amide bonds. The second-order valence-corrected chi connectivity index (χ2v) is 10.7. The van der Waals surface area contributed by atoms with Crippen LogP contribution in [0.15, 0.2) is 24.7 Å². The molecule has 1 aliphatic heterocycles. The Balaban J connectivity index is 1.51. The molecule has 3 aromatic heterocycles. The van der Waals surface area contributed by atoms with Crippen LogP contribution in [0.4, 0.5) is 5.95 Å². The molecule has 1 saturated carbocycles. The van der Waals surface area contributed by atoms with Gasteiger partial charge in [-0.1, -0.05) is 0 Å². The molecular formula is C26H37N7O3. The summed E-state index contributed by atoms with van der Waals surface area (Å²) in [6, 6.07) is 2.25. The zero-order chi connectivity index (χ0) is 25.4. The summed E-state index contributed by atoms with van der Waals surface area (Å²) in [5.74, 6) is 0.937. The van der Waals surface area contributed by atoms with Crippen molar-refractivity contribution >= 4 is 17.4 Å². The molecule has 10 nitrogen and oxygen atoms in total. The maximum absolute atomic E-state index is 13.0. The first-order chi connectivity index (χ1) is 17.3. The maximum Gasteiger partial charge on any atom is 0.249 e. The first kappa shape index (κ1) is 24.7. The molecule has 3 aromatic rings. The van der Waals surface area contributed by atoms with E-state index < -0.39 is 5.54 Å². The fourth-order valence-corrected chi connectivity index (χ4v) is 5.26. The normalized spacial score (nSPS) is 21.4. The van der Waals surface area contributed by atoms with Crippen LogP contribution < -0.4 is 5.32 Å². The molecule has 2 N–H and O–H groups in total. The van der Waals surface area contributed by atoms with Crippen LogP contribution in [0.2, 0.25) is 0 Å². The van der Waals surface area contributed by atoms with Gasteiger partial charge in [0.1, 0.15) is 5.54 Å². The van der Waals surface area contributed by atoms with Crippen molar-refractivity contribution in [3.8, 4) is 11.1 Å². The highest BCUT2D eigenvalue weighted by Crippen LogP contribution is 2.38. The Morgan fingerprint density at radius 1 is 1.25 bits per heavy atom. The molecule has 4 heterocycles. The molecule has 0 spiro atoms. The highest BCUT2D eigenvalue weighted by atomic mass is 16.5. The largest absolute Gasteiger partial charge is 0.393 e. The van der Waals surface area contributed by atoms with Gasteiger partial charge >= 0.3 is 0 Å². The van der Waals surface area contributed by atoms with Crippen molar-refractivity contribution in [2.75, 3.05) is 32.1 Å². The number of aliphatic hydroxyl groups excluding tert-OH is 1. The van der Waals surface area contributed by atoms with E-state index in [0.717, 1.165) is 67.5 Å². The van der Waals surface area contributed by atoms with Crippen molar-refractivity contribution in [3.05, 3.63) is 30.4 Å². The third-order valence-electron chi connectivity index (χ3n) is 7.58. The number of fused-ring (bicyclic) bond motifs is 1. The van der Waals surface area contributed by atoms with Gasteiger partial charge in [-0.15, -0.1) is 5.10 Å². The van der Waals surface area contributed by atoms with Crippen LogP contribution in [0.25, 0.3) is 16.6 Å². The number of nitrogens with one attached hydrogen (secondary N) is 1. The van der Waals surface area contributed by atoms with Crippen molar-refractivity contribution < 1.29 is 14.6 Å². The smallest absolute Gasteiger partial charge is 0.249 e. The van der Waals surface area contributed by atoms with Gasteiger partial charge in [-0.05, 0) is 58.9 Å². The minimum atomic E-state index is -0.762. The summed E-state index contributed by atoms with van der Waals surface area (Å²) in [4.78, 5) is 19.5. The molecule has 2 aliphatic rings. The van der Waals surface area contributed by atoms with Gasteiger partial charge in [0.05, 0.1) is 30.6 Å². The Labute approximate surface area is 211 Å². The number of hydrogen-bond acceptors (Lipinski definition) is 7. The summed E-state index contributed by atoms with van der Waals surface area (Å²) >= 11 is 0. The molecule has 0 unspecified atom stereocenters. The van der Waals surface area contributed by atoms with E-state index in [-0.39, 0.29) is 18.1 Å². The Morgan fingerprint density at radius 2 is 2.00 bits per heavy atom. The first-order valence-electron chi connectivity index (χ1n) is 12.9. The van der Waals surface area contributed by atoms with Gasteiger partial charge in [-0.25, -0.2) is 9.50 Å². The number of methoxy groups -OCH3 is 1. The minimum absolute atomic E-state index is 0.0696. The number of anilines is 1. The van der Waals surface area contributed by atoms with Gasteiger partial charge < -0.3 is 20.1 Å². The van der Waals surface area contributed by atoms with Crippen LogP contribution in [0.5, 0.6) is 0 Å². The van der Waals surface area contributed by atoms with E-state index in [4.69, 9.17) is 9.84 Å². The fourth-order valence-electron chi connectivity index (χ4n) is 5.26. The van der Waals surface area contributed by atoms with E-state index in [1.807, 2.05) is 48.8 Å². The molecule has 10 heteroatoms. The van der Waals surface area contributed by atoms with E-state index in [1.165, 1.54) is 0 Å². The number of amides is 1. The summed E-state index contributed by atoms with van der Waals surface area (Å²) in [5, 5.41) is 22.8. The molecule has 0 bridgehead atoms. The molecule has 36 heavy (non-hydrogen) atoms. The predicted molar refractivity (Wildman–Crippen MR) is 137 cm³/mol. The third kappa shape index (κ3) is 4.59. The lowest BCUT2D eigenvalue weighted by Crippen LogP contribution is -2.52. The number of nitrogens with zero attached hydrogens (tertiary/aromatic N) is 6. The summed E-state index contributed by atoms with van der Waals surface area (Å²) in [7, 11) is 1.68. The summed E-state index contributed by atoms with van der Waals surface area (Å²) < 4.78 is 9.00. The fraction of sp³-hybridized carbons (Fsp3) is 0.615. The van der Waals surface area contributed by atoms with E-state index in [0.29, 0.717) is 18.5 Å². The summed E-state index contributed by atoms with van der Waals surface area (Å²) in [6.07, 6.45) is 9.86. The van der Waals surface area contributed by atoms with Gasteiger partial charge in [0, 0.05) is 55.2 Å². The molecule has 0 radical (unpaired) electrons. The topological polar surface area (TPSA) is 110 Å². The average Bonchev–Trinajstić information content (AvgIpc) is 3.44. The van der Waals surface area contributed by atoms with Crippen LogP contribution in [0.3, 0.4) is 0 Å². The zero-order valence-electron chi connectivity index (χ0n) is 21.6. The van der Waals surface area contributed by atoms with Gasteiger partial charge in [0.25, 0.3) is 0 Å². The SMILES string of the molecule is COC[C@H](C)Nc1ncc2c(-c3cnn(C(C)(C)C(=O)N4CCC4)c3)cc([C@H]3CC[C@H](O)CC3)n2n1. The summed E-state index contributed by atoms with van der Waals surface area (Å²) in [5.41, 5.74) is 3.16. The standard InChI is InChI=1S/C26H37N7O3/c1-17(16-36-4)29-25-27-14-23-21(12-22(33(23)30-25)18-6-8-20(34)9-7-18)19-13-28-32(15-19)26(2,3)24(35)31-10-5-11-31/h12-15,17-18,20,34H,5-11,16H2,1-4H3,(H,29,30)/t17-,18-,20-/m0/s1. The van der Waals surface area contributed by atoms with Crippen LogP contribution in [-0.4, -0.2) is 79.2 Å². The van der Waals surface area contributed by atoms with Crippen molar-refractivity contribution in [2.24, 2.45) is 0 Å². The molecule has 5 rings (SSSR count). The quantitative estimate of drug-likeness (QED) is 0.494. The van der Waals surface area contributed by atoms with Crippen molar-refractivity contribution in [3.63, 3.8) is 0 Å². The van der Waals surface area contributed by atoms with Crippen LogP contribution >= 0.6 is 0 Å². The first-order valence-corrected chi connectivity index (χ1v) is 12.9. The summed E-state index contributed by atoms with van der Waals surface area (Å²) in [6.45, 7) is 8.05. The number of aliphatic hydroxyl groups is 1. The van der Waals surface area contributed by atoms with Crippen molar-refractivity contribution in [2.45, 2.75) is 76.5 Å². The average molecular weight is 496 g/mol. The molecule has 194 valence electrons. The Morgan fingerprint density at radius 3 is 2.67 bits per heavy atom. The lowest BCUT2D eigenvalue weighted by Gasteiger charge is -2.37. The molecular weight excluding hydrogens is 458 g/mol. The molecule has 2 fully saturated rings. The predicted octanol–water partition coefficient (Wildman–Crippen LogP) is 3.03. The van der Waals surface area contributed by atoms with Crippen LogP contribution in [0, 0.1) is 0 Å². The Bertz CT molecular complexity index is 1220. The van der Waals surface area contributed by atoms with E-state index in [2.05, 4.69) is 21.5 Å². The number of ether oxygens (including phenoxy) is 1. The van der Waals surface area contributed by atoms with Crippen LogP contribution in [-0.2, 0) is 15.1 Å². The Hall–Kier alpha value is -2.98. The highest BCUT2D eigenvalue weighted by Gasteiger charge is 2.37. The van der Waals surface area contributed by atoms with Gasteiger partial charge in [0.15, 0.2) is 0 Å². The second-order valence-electron chi connectivity index (χ2n) is 10.7. The second kappa shape index (κ2) is 9.82. The third-order valence-corrected chi connectivity index (χ3v) is 7.58. The highest BCUT2D eigenvalue weighted by molar-refractivity contribution is 5.85. The van der Waals surface area contributed by atoms with Gasteiger partial charge in [-0.2, -0.15) is 5.10 Å². The molecule has 1 saturated heterocycles. The van der Waals surface area contributed by atoms with Crippen molar-refractivity contribution in [1.29, 1.82) is 0 Å². The number of hydrogen-bond donors (Lipinski definition) is 2. The number of aromatic nitrogens is 5. The van der Waals surface area contributed by atoms with E-state index >= 15 is 0 Å². The van der Waals surface area contributed by atoms with E-state index in [1.54, 1.807) is 11.8 Å².